The van der Waals surface area contributed by atoms with Crippen molar-refractivity contribution >= 4 is 28.6 Å². The van der Waals surface area contributed by atoms with Crippen molar-refractivity contribution in [2.45, 2.75) is 199 Å². The molecule has 1 aromatic carbocycles. The largest absolute Gasteiger partial charge is 0.455 e. The Hall–Kier alpha value is -1.91. The van der Waals surface area contributed by atoms with Crippen LogP contribution in [-0.4, -0.2) is 93.9 Å². The first kappa shape index (κ1) is 44.6. The summed E-state index contributed by atoms with van der Waals surface area (Å²) < 4.78 is 49.5. The number of aliphatic hydroxyl groups is 1. The molecule has 12 heteroatoms. The van der Waals surface area contributed by atoms with Crippen molar-refractivity contribution < 1.29 is 47.2 Å². The van der Waals surface area contributed by atoms with E-state index in [1.54, 1.807) is 19.1 Å². The van der Waals surface area contributed by atoms with E-state index >= 15 is 0 Å². The molecule has 57 heavy (non-hydrogen) atoms. The molecule has 10 atom stereocenters. The predicted molar refractivity (Wildman–Crippen MR) is 225 cm³/mol. The van der Waals surface area contributed by atoms with Crippen LogP contribution in [0.15, 0.2) is 41.5 Å². The number of ether oxygens (including phenoxy) is 5. The van der Waals surface area contributed by atoms with Crippen LogP contribution in [0.3, 0.4) is 0 Å². The quantitative estimate of drug-likeness (QED) is 0.111. The van der Waals surface area contributed by atoms with Gasteiger partial charge in [0.15, 0.2) is 28.0 Å². The Kier molecular flexibility index (Phi) is 12.4. The lowest BCUT2D eigenvalue weighted by Gasteiger charge is -2.70. The van der Waals surface area contributed by atoms with Crippen LogP contribution in [-0.2, 0) is 37.3 Å². The maximum absolute atomic E-state index is 14.7. The lowest BCUT2D eigenvalue weighted by atomic mass is 9.44. The van der Waals surface area contributed by atoms with Crippen LogP contribution in [0.25, 0.3) is 0 Å². The van der Waals surface area contributed by atoms with Gasteiger partial charge < -0.3 is 37.6 Å². The van der Waals surface area contributed by atoms with Gasteiger partial charge in [0.05, 0.1) is 36.4 Å². The number of benzene rings is 1. The zero-order valence-corrected chi connectivity index (χ0v) is 39.1. The van der Waals surface area contributed by atoms with Crippen LogP contribution in [0.4, 0.5) is 0 Å². The van der Waals surface area contributed by atoms with Crippen LogP contribution in [0.2, 0.25) is 36.3 Å². The highest BCUT2D eigenvalue weighted by Gasteiger charge is 2.80. The molecule has 2 aliphatic heterocycles. The molecule has 10 nitrogen and oxygen atoms in total. The smallest absolute Gasteiger partial charge is 0.338 e. The van der Waals surface area contributed by atoms with Gasteiger partial charge in [-0.2, -0.15) is 0 Å². The molecule has 0 radical (unpaired) electrons. The van der Waals surface area contributed by atoms with Crippen molar-refractivity contribution in [2.24, 2.45) is 16.7 Å². The van der Waals surface area contributed by atoms with Gasteiger partial charge in [-0.25, -0.2) is 4.79 Å². The Morgan fingerprint density at radius 2 is 1.42 bits per heavy atom. The summed E-state index contributed by atoms with van der Waals surface area (Å²) in [6.45, 7) is 27.4. The summed E-state index contributed by atoms with van der Waals surface area (Å²) in [5, 5.41) is 14.2. The fourth-order valence-corrected chi connectivity index (χ4v) is 17.5. The molecular weight excluding hydrogens is 757 g/mol. The number of carbonyl (C=O) groups excluding carboxylic acids is 2. The fraction of sp³-hybridized carbons (Fsp3) is 0.778. The number of hydrogen-bond donors (Lipinski definition) is 1. The topological polar surface area (TPSA) is 119 Å². The van der Waals surface area contributed by atoms with Crippen LogP contribution in [0.1, 0.15) is 120 Å². The highest BCUT2D eigenvalue weighted by atomic mass is 28.4. The molecule has 4 fully saturated rings. The highest BCUT2D eigenvalue weighted by molar-refractivity contribution is 6.74. The van der Waals surface area contributed by atoms with Crippen LogP contribution < -0.4 is 0 Å². The first-order chi connectivity index (χ1) is 26.8. The second kappa shape index (κ2) is 15.8. The summed E-state index contributed by atoms with van der Waals surface area (Å²) in [4.78, 5) is 28.4. The molecule has 0 spiro atoms. The number of hydrogen-bond acceptors (Lipinski definition) is 10. The van der Waals surface area contributed by atoms with Gasteiger partial charge in [0, 0.05) is 30.1 Å². The third-order valence-electron chi connectivity index (χ3n) is 15.8. The Bertz CT molecular complexity index is 1660. The minimum atomic E-state index is -2.33. The van der Waals surface area contributed by atoms with Crippen molar-refractivity contribution in [1.82, 2.24) is 0 Å². The molecule has 6 rings (SSSR count). The summed E-state index contributed by atoms with van der Waals surface area (Å²) in [7, 11) is -4.59. The summed E-state index contributed by atoms with van der Waals surface area (Å²) >= 11 is 0. The molecule has 1 aromatic rings. The molecule has 3 aliphatic carbocycles. The summed E-state index contributed by atoms with van der Waals surface area (Å²) in [5.41, 5.74) is -2.73. The Labute approximate surface area is 344 Å². The minimum Gasteiger partial charge on any atom is -0.455 e. The molecule has 0 amide bonds. The number of fused-ring (bicyclic) bond motifs is 8. The maximum Gasteiger partial charge on any atom is 0.338 e. The van der Waals surface area contributed by atoms with E-state index < -0.39 is 93.0 Å². The van der Waals surface area contributed by atoms with E-state index in [1.807, 2.05) is 45.9 Å². The zero-order valence-electron chi connectivity index (χ0n) is 37.1. The third kappa shape index (κ3) is 6.97. The first-order valence-electron chi connectivity index (χ1n) is 22.0. The average Bonchev–Trinajstić information content (AvgIpc) is 3.51. The molecule has 2 heterocycles. The van der Waals surface area contributed by atoms with Gasteiger partial charge >= 0.3 is 11.9 Å². The number of esters is 2. The second-order valence-electron chi connectivity index (χ2n) is 18.9. The van der Waals surface area contributed by atoms with E-state index in [0.717, 1.165) is 47.4 Å². The molecule has 320 valence electrons. The van der Waals surface area contributed by atoms with Crippen LogP contribution >= 0.6 is 0 Å². The average molecular weight is 829 g/mol. The third-order valence-corrected chi connectivity index (χ3v) is 25.1. The predicted octanol–water partition coefficient (Wildman–Crippen LogP) is 9.12. The Morgan fingerprint density at radius 1 is 0.842 bits per heavy atom. The number of carbonyl (C=O) groups is 2. The van der Waals surface area contributed by atoms with Crippen molar-refractivity contribution in [3.05, 3.63) is 47.0 Å². The Balaban J connectivity index is 1.71. The summed E-state index contributed by atoms with van der Waals surface area (Å²) in [6, 6.07) is 14.5. The van der Waals surface area contributed by atoms with Gasteiger partial charge in [-0.1, -0.05) is 87.4 Å². The molecule has 2 saturated carbocycles. The fourth-order valence-electron chi connectivity index (χ4n) is 11.7. The first-order valence-corrected chi connectivity index (χ1v) is 27.1. The van der Waals surface area contributed by atoms with Crippen LogP contribution in [0.5, 0.6) is 0 Å². The van der Waals surface area contributed by atoms with Gasteiger partial charge in [-0.05, 0) is 80.3 Å². The van der Waals surface area contributed by atoms with Crippen LogP contribution in [0, 0.1) is 16.7 Å². The zero-order chi connectivity index (χ0) is 42.0. The molecule has 0 unspecified atom stereocenters. The van der Waals surface area contributed by atoms with Gasteiger partial charge in [-0.15, -0.1) is 0 Å². The normalized spacial score (nSPS) is 36.8. The van der Waals surface area contributed by atoms with Crippen molar-refractivity contribution in [2.75, 3.05) is 6.61 Å². The minimum absolute atomic E-state index is 0.0883. The monoisotopic (exact) mass is 828 g/mol. The molecule has 2 saturated heterocycles. The lowest BCUT2D eigenvalue weighted by Crippen LogP contribution is -2.82. The molecule has 2 bridgehead atoms. The summed E-state index contributed by atoms with van der Waals surface area (Å²) in [5.74, 6) is -2.79. The van der Waals surface area contributed by atoms with Crippen molar-refractivity contribution in [3.63, 3.8) is 0 Å². The van der Waals surface area contributed by atoms with E-state index in [9.17, 15) is 14.7 Å². The molecular formula is C45H72O10Si2. The number of rotatable bonds is 14. The Morgan fingerprint density at radius 3 is 1.95 bits per heavy atom. The van der Waals surface area contributed by atoms with Gasteiger partial charge in [0.25, 0.3) is 0 Å². The van der Waals surface area contributed by atoms with Crippen molar-refractivity contribution in [3.8, 4) is 0 Å². The van der Waals surface area contributed by atoms with E-state index in [4.69, 9.17) is 32.5 Å². The van der Waals surface area contributed by atoms with Gasteiger partial charge in [0.2, 0.25) is 0 Å². The second-order valence-corrected chi connectivity index (χ2v) is 28.3. The maximum atomic E-state index is 14.7. The van der Waals surface area contributed by atoms with Gasteiger partial charge in [-0.3, -0.25) is 4.79 Å². The standard InChI is InChI=1S/C45H72O10Si2/c1-14-34(46)51-44-28-49-33(44)26-32(55-57(18-5,19-6)20-7)43(13)37(44)39(50-40(47)30-24-22-21-23-25-30)45(48)27-31(54-56(15-2,16-3)17-4)29(8)35(41(45,9)10)36-38(43)53-42(11,12)52-36/h21-25,31-33,36-39,48H,14-20,26-28H2,1-13H3/t31-,32-,33+,36+,37-,38+,39-,43+,44-,45+/m0/s1. The summed E-state index contributed by atoms with van der Waals surface area (Å²) in [6.07, 6.45) is -3.18. The molecule has 5 aliphatic rings. The van der Waals surface area contributed by atoms with E-state index in [-0.39, 0.29) is 25.4 Å². The van der Waals surface area contributed by atoms with Gasteiger partial charge in [0.1, 0.15) is 23.9 Å². The highest BCUT2D eigenvalue weighted by Crippen LogP contribution is 2.68. The van der Waals surface area contributed by atoms with E-state index in [1.165, 1.54) is 0 Å². The SMILES string of the molecule is CCC(=O)O[C@@]12CO[C@@H]1C[C@H](O[Si](CC)(CC)CC)[C@@]1(C)[C@@H]3OC(C)(C)O[C@@H]3C3=C(C)[C@@H](O[Si](CC)(CC)CC)C[C@@](O)([C@@H](OC(=O)c4ccccc4)[C@H]21)C3(C)C. The van der Waals surface area contributed by atoms with E-state index in [2.05, 4.69) is 55.4 Å². The molecule has 1 N–H and O–H groups in total. The van der Waals surface area contributed by atoms with Crippen molar-refractivity contribution in [1.29, 1.82) is 0 Å². The lowest BCUT2D eigenvalue weighted by molar-refractivity contribution is -0.361. The molecule has 0 aromatic heterocycles. The van der Waals surface area contributed by atoms with E-state index in [0.29, 0.717) is 12.0 Å².